The Morgan fingerprint density at radius 1 is 1.43 bits per heavy atom. The van der Waals surface area contributed by atoms with Crippen molar-refractivity contribution in [3.05, 3.63) is 29.8 Å². The summed E-state index contributed by atoms with van der Waals surface area (Å²) in [5, 5.41) is 9.30. The van der Waals surface area contributed by atoms with E-state index in [4.69, 9.17) is 9.52 Å². The number of hydrogen-bond donors (Lipinski definition) is 1. The van der Waals surface area contributed by atoms with Crippen LogP contribution in [0.25, 0.3) is 11.0 Å². The van der Waals surface area contributed by atoms with Crippen LogP contribution in [0.2, 0.25) is 0 Å². The van der Waals surface area contributed by atoms with Crippen LogP contribution in [0.15, 0.2) is 28.7 Å². The third-order valence-electron chi connectivity index (χ3n) is 1.98. The molecular weight excluding hydrogens is 184 g/mol. The van der Waals surface area contributed by atoms with Crippen molar-refractivity contribution in [3.63, 3.8) is 0 Å². The second kappa shape index (κ2) is 3.06. The molecule has 0 spiro atoms. The van der Waals surface area contributed by atoms with E-state index in [9.17, 15) is 4.79 Å². The standard InChI is InChI=1S/C10H8O4/c1-6-7-4-2-3-5-8(7)13-9(6)14-10(11)12/h2-5H,1H3,(H,11,12). The highest BCUT2D eigenvalue weighted by molar-refractivity contribution is 5.83. The number of fused-ring (bicyclic) bond motifs is 1. The van der Waals surface area contributed by atoms with Gasteiger partial charge in [0.15, 0.2) is 0 Å². The first kappa shape index (κ1) is 8.62. The molecule has 0 saturated carbocycles. The number of furan rings is 1. The zero-order valence-corrected chi connectivity index (χ0v) is 7.48. The van der Waals surface area contributed by atoms with E-state index in [2.05, 4.69) is 4.74 Å². The SMILES string of the molecule is Cc1c(OC(=O)O)oc2ccccc12. The molecule has 0 aliphatic rings. The molecule has 0 amide bonds. The molecule has 0 radical (unpaired) electrons. The predicted octanol–water partition coefficient (Wildman–Crippen LogP) is 2.80. The number of ether oxygens (including phenoxy) is 1. The minimum atomic E-state index is -1.37. The second-order valence-electron chi connectivity index (χ2n) is 2.88. The predicted molar refractivity (Wildman–Crippen MR) is 49.6 cm³/mol. The summed E-state index contributed by atoms with van der Waals surface area (Å²) in [4.78, 5) is 10.3. The van der Waals surface area contributed by atoms with Gasteiger partial charge in [0.25, 0.3) is 5.95 Å². The Bertz CT molecular complexity index is 484. The third kappa shape index (κ3) is 1.31. The summed E-state index contributed by atoms with van der Waals surface area (Å²) in [6, 6.07) is 7.28. The van der Waals surface area contributed by atoms with Gasteiger partial charge >= 0.3 is 6.16 Å². The lowest BCUT2D eigenvalue weighted by Crippen LogP contribution is -2.02. The topological polar surface area (TPSA) is 59.7 Å². The van der Waals surface area contributed by atoms with Crippen molar-refractivity contribution < 1.29 is 19.1 Å². The van der Waals surface area contributed by atoms with E-state index in [0.29, 0.717) is 11.1 Å². The van der Waals surface area contributed by atoms with Gasteiger partial charge in [-0.15, -0.1) is 0 Å². The van der Waals surface area contributed by atoms with Gasteiger partial charge in [-0.05, 0) is 13.0 Å². The second-order valence-corrected chi connectivity index (χ2v) is 2.88. The Balaban J connectivity index is 2.57. The van der Waals surface area contributed by atoms with Crippen molar-refractivity contribution in [1.82, 2.24) is 0 Å². The van der Waals surface area contributed by atoms with Crippen molar-refractivity contribution in [2.24, 2.45) is 0 Å². The van der Waals surface area contributed by atoms with Crippen LogP contribution in [-0.2, 0) is 0 Å². The molecule has 1 aromatic carbocycles. The summed E-state index contributed by atoms with van der Waals surface area (Å²) in [6.07, 6.45) is -1.37. The average Bonchev–Trinajstić information content (AvgIpc) is 2.44. The molecule has 0 aliphatic heterocycles. The normalized spacial score (nSPS) is 10.4. The van der Waals surface area contributed by atoms with E-state index < -0.39 is 6.16 Å². The van der Waals surface area contributed by atoms with Crippen molar-refractivity contribution in [3.8, 4) is 5.95 Å². The minimum absolute atomic E-state index is 0.0405. The molecule has 2 rings (SSSR count). The van der Waals surface area contributed by atoms with Crippen LogP contribution in [0.4, 0.5) is 4.79 Å². The van der Waals surface area contributed by atoms with E-state index in [1.54, 1.807) is 13.0 Å². The monoisotopic (exact) mass is 192 g/mol. The van der Waals surface area contributed by atoms with Gasteiger partial charge in [0, 0.05) is 10.9 Å². The molecule has 1 aromatic heterocycles. The van der Waals surface area contributed by atoms with Crippen molar-refractivity contribution in [1.29, 1.82) is 0 Å². The Labute approximate surface area is 79.7 Å². The van der Waals surface area contributed by atoms with Gasteiger partial charge in [-0.3, -0.25) is 0 Å². The van der Waals surface area contributed by atoms with Gasteiger partial charge in [-0.1, -0.05) is 18.2 Å². The minimum Gasteiger partial charge on any atom is -0.449 e. The maximum Gasteiger partial charge on any atom is 0.513 e. The van der Waals surface area contributed by atoms with Crippen molar-refractivity contribution in [2.75, 3.05) is 0 Å². The third-order valence-corrected chi connectivity index (χ3v) is 1.98. The van der Waals surface area contributed by atoms with E-state index >= 15 is 0 Å². The van der Waals surface area contributed by atoms with E-state index in [-0.39, 0.29) is 5.95 Å². The zero-order valence-electron chi connectivity index (χ0n) is 7.48. The Kier molecular flexibility index (Phi) is 1.89. The van der Waals surface area contributed by atoms with Gasteiger partial charge in [0.1, 0.15) is 5.58 Å². The van der Waals surface area contributed by atoms with Crippen LogP contribution in [0, 0.1) is 6.92 Å². The summed E-state index contributed by atoms with van der Waals surface area (Å²) in [7, 11) is 0. The summed E-state index contributed by atoms with van der Waals surface area (Å²) in [6.45, 7) is 1.75. The van der Waals surface area contributed by atoms with Gasteiger partial charge < -0.3 is 14.3 Å². The molecule has 0 saturated heterocycles. The summed E-state index contributed by atoms with van der Waals surface area (Å²) in [5.41, 5.74) is 1.32. The molecule has 0 aliphatic carbocycles. The van der Waals surface area contributed by atoms with Gasteiger partial charge in [-0.25, -0.2) is 4.79 Å². The van der Waals surface area contributed by atoms with E-state index in [1.165, 1.54) is 0 Å². The first-order chi connectivity index (χ1) is 6.68. The van der Waals surface area contributed by atoms with Crippen LogP contribution in [-0.4, -0.2) is 11.3 Å². The van der Waals surface area contributed by atoms with Gasteiger partial charge in [0.05, 0.1) is 0 Å². The number of hydrogen-bond acceptors (Lipinski definition) is 3. The maximum absolute atomic E-state index is 10.3. The first-order valence-corrected chi connectivity index (χ1v) is 4.07. The molecule has 2 aromatic rings. The number of carboxylic acid groups (broad SMARTS) is 1. The highest BCUT2D eigenvalue weighted by atomic mass is 16.7. The van der Waals surface area contributed by atoms with Crippen molar-refractivity contribution in [2.45, 2.75) is 6.92 Å². The first-order valence-electron chi connectivity index (χ1n) is 4.07. The van der Waals surface area contributed by atoms with Crippen LogP contribution in [0.1, 0.15) is 5.56 Å². The van der Waals surface area contributed by atoms with Gasteiger partial charge in [-0.2, -0.15) is 0 Å². The maximum atomic E-state index is 10.3. The largest absolute Gasteiger partial charge is 0.513 e. The number of benzene rings is 1. The molecule has 1 heterocycles. The Morgan fingerprint density at radius 2 is 2.14 bits per heavy atom. The fourth-order valence-corrected chi connectivity index (χ4v) is 1.33. The average molecular weight is 192 g/mol. The molecule has 0 bridgehead atoms. The van der Waals surface area contributed by atoms with Crippen LogP contribution < -0.4 is 4.74 Å². The molecule has 1 N–H and O–H groups in total. The van der Waals surface area contributed by atoms with E-state index in [1.807, 2.05) is 18.2 Å². The number of rotatable bonds is 1. The highest BCUT2D eigenvalue weighted by Gasteiger charge is 2.13. The summed E-state index contributed by atoms with van der Waals surface area (Å²) in [5.74, 6) is 0.0405. The molecule has 0 atom stereocenters. The lowest BCUT2D eigenvalue weighted by atomic mass is 10.2. The number of carbonyl (C=O) groups is 1. The Morgan fingerprint density at radius 3 is 2.79 bits per heavy atom. The highest BCUT2D eigenvalue weighted by Crippen LogP contribution is 2.30. The molecule has 14 heavy (non-hydrogen) atoms. The quantitative estimate of drug-likeness (QED) is 0.705. The van der Waals surface area contributed by atoms with Crippen LogP contribution >= 0.6 is 0 Å². The lowest BCUT2D eigenvalue weighted by Gasteiger charge is -1.93. The number of aryl methyl sites for hydroxylation is 1. The Hall–Kier alpha value is -1.97. The van der Waals surface area contributed by atoms with Crippen LogP contribution in [0.3, 0.4) is 0 Å². The molecule has 4 heteroatoms. The zero-order chi connectivity index (χ0) is 10.1. The lowest BCUT2D eigenvalue weighted by molar-refractivity contribution is 0.133. The molecular formula is C10H8O4. The fraction of sp³-hybridized carbons (Fsp3) is 0.100. The molecule has 0 unspecified atom stereocenters. The van der Waals surface area contributed by atoms with Crippen LogP contribution in [0.5, 0.6) is 5.95 Å². The fourth-order valence-electron chi connectivity index (χ4n) is 1.33. The summed E-state index contributed by atoms with van der Waals surface area (Å²) >= 11 is 0. The van der Waals surface area contributed by atoms with E-state index in [0.717, 1.165) is 5.39 Å². The molecule has 0 fully saturated rings. The summed E-state index contributed by atoms with van der Waals surface area (Å²) < 4.78 is 9.69. The van der Waals surface area contributed by atoms with Gasteiger partial charge in [0.2, 0.25) is 0 Å². The number of para-hydroxylation sites is 1. The van der Waals surface area contributed by atoms with Crippen molar-refractivity contribution >= 4 is 17.1 Å². The smallest absolute Gasteiger partial charge is 0.449 e. The molecule has 4 nitrogen and oxygen atoms in total. The molecule has 72 valence electrons.